The highest BCUT2D eigenvalue weighted by atomic mass is 19.4. The fourth-order valence-corrected chi connectivity index (χ4v) is 4.30. The summed E-state index contributed by atoms with van der Waals surface area (Å²) in [5, 5.41) is 26.8. The van der Waals surface area contributed by atoms with Crippen LogP contribution in [0.15, 0.2) is 60.7 Å². The summed E-state index contributed by atoms with van der Waals surface area (Å²) in [7, 11) is 0. The Kier molecular flexibility index (Phi) is 13.0. The predicted molar refractivity (Wildman–Crippen MR) is 152 cm³/mol. The summed E-state index contributed by atoms with van der Waals surface area (Å²) in [5.74, 6) is -4.85. The molecule has 3 aromatic carbocycles. The average molecular weight is 630 g/mol. The Balaban J connectivity index is 0.000000402. The molecule has 0 aromatic heterocycles. The number of anilines is 1. The second-order valence-electron chi connectivity index (χ2n) is 9.97. The van der Waals surface area contributed by atoms with Crippen LogP contribution in [0.3, 0.4) is 0 Å². The van der Waals surface area contributed by atoms with Crippen LogP contribution in [0.1, 0.15) is 47.3 Å². The quantitative estimate of drug-likeness (QED) is 0.202. The lowest BCUT2D eigenvalue weighted by atomic mass is 9.98. The zero-order valence-corrected chi connectivity index (χ0v) is 23.9. The van der Waals surface area contributed by atoms with Gasteiger partial charge in [0.05, 0.1) is 6.04 Å². The number of hydrogen-bond donors (Lipinski definition) is 5. The summed E-state index contributed by atoms with van der Waals surface area (Å²) in [5.41, 5.74) is 3.88. The highest BCUT2D eigenvalue weighted by Gasteiger charge is 2.38. The first kappa shape index (κ1) is 35.9. The monoisotopic (exact) mass is 629 g/mol. The standard InChI is InChI=1S/C26H31N3O.2C2HF3O2/c1-18-10-11-22(28-17-20-12-14-27-15-13-20)16-25(18)26(30)29-19(2)23-9-5-7-21-6-3-4-8-24(21)23;2*3-2(4,5)1(6)7/h3-11,16,19-20,27-28H,12-15,17H2,1-2H3,(H,29,30);2*(H,6,7)/t19-;;/m1../s1. The van der Waals surface area contributed by atoms with Crippen LogP contribution in [0.4, 0.5) is 32.0 Å². The van der Waals surface area contributed by atoms with E-state index < -0.39 is 24.3 Å². The number of aryl methyl sites for hydroxylation is 1. The minimum atomic E-state index is -5.08. The Morgan fingerprint density at radius 1 is 0.886 bits per heavy atom. The molecule has 0 aliphatic carbocycles. The van der Waals surface area contributed by atoms with E-state index in [1.807, 2.05) is 38.1 Å². The molecule has 0 radical (unpaired) electrons. The maximum absolute atomic E-state index is 13.1. The molecule has 1 atom stereocenters. The van der Waals surface area contributed by atoms with E-state index in [-0.39, 0.29) is 11.9 Å². The Morgan fingerprint density at radius 2 is 1.43 bits per heavy atom. The van der Waals surface area contributed by atoms with Gasteiger partial charge in [0.2, 0.25) is 0 Å². The van der Waals surface area contributed by atoms with E-state index >= 15 is 0 Å². The number of carbonyl (C=O) groups excluding carboxylic acids is 1. The number of amides is 1. The van der Waals surface area contributed by atoms with Crippen molar-refractivity contribution in [2.75, 3.05) is 25.0 Å². The number of carboxylic acid groups (broad SMARTS) is 2. The average Bonchev–Trinajstić information content (AvgIpc) is 2.96. The summed E-state index contributed by atoms with van der Waals surface area (Å²) in [6.07, 6.45) is -7.76. The van der Waals surface area contributed by atoms with E-state index in [4.69, 9.17) is 19.8 Å². The molecule has 1 heterocycles. The number of alkyl halides is 6. The molecule has 3 aromatic rings. The maximum atomic E-state index is 13.1. The van der Waals surface area contributed by atoms with E-state index in [0.29, 0.717) is 5.92 Å². The van der Waals surface area contributed by atoms with Gasteiger partial charge in [-0.25, -0.2) is 9.59 Å². The van der Waals surface area contributed by atoms with E-state index in [0.717, 1.165) is 42.0 Å². The number of piperidine rings is 1. The molecule has 240 valence electrons. The minimum Gasteiger partial charge on any atom is -0.475 e. The number of carboxylic acids is 2. The van der Waals surface area contributed by atoms with Crippen molar-refractivity contribution in [3.8, 4) is 0 Å². The largest absolute Gasteiger partial charge is 0.490 e. The second-order valence-corrected chi connectivity index (χ2v) is 9.97. The Hall–Kier alpha value is -4.33. The van der Waals surface area contributed by atoms with Crippen LogP contribution >= 0.6 is 0 Å². The van der Waals surface area contributed by atoms with Crippen LogP contribution < -0.4 is 16.0 Å². The minimum absolute atomic E-state index is 0.0292. The van der Waals surface area contributed by atoms with Gasteiger partial charge in [0.15, 0.2) is 0 Å². The smallest absolute Gasteiger partial charge is 0.475 e. The molecule has 1 aliphatic heterocycles. The summed E-state index contributed by atoms with van der Waals surface area (Å²) >= 11 is 0. The van der Waals surface area contributed by atoms with Gasteiger partial charge in [0, 0.05) is 17.8 Å². The number of halogens is 6. The number of hydrogen-bond acceptors (Lipinski definition) is 5. The van der Waals surface area contributed by atoms with Crippen LogP contribution in [-0.2, 0) is 9.59 Å². The Bertz CT molecular complexity index is 1390. The third kappa shape index (κ3) is 11.4. The lowest BCUT2D eigenvalue weighted by Crippen LogP contribution is -2.31. The number of aliphatic carboxylic acids is 2. The second kappa shape index (κ2) is 15.9. The third-order valence-electron chi connectivity index (χ3n) is 6.66. The number of rotatable bonds is 6. The van der Waals surface area contributed by atoms with Gasteiger partial charge in [-0.1, -0.05) is 48.5 Å². The van der Waals surface area contributed by atoms with Gasteiger partial charge in [-0.2, -0.15) is 26.3 Å². The molecule has 0 saturated carbocycles. The summed E-state index contributed by atoms with van der Waals surface area (Å²) in [4.78, 5) is 30.9. The van der Waals surface area contributed by atoms with Crippen LogP contribution in [0, 0.1) is 12.8 Å². The van der Waals surface area contributed by atoms with Crippen molar-refractivity contribution in [2.24, 2.45) is 5.92 Å². The molecular formula is C30H33F6N3O5. The fourth-order valence-electron chi connectivity index (χ4n) is 4.30. The van der Waals surface area contributed by atoms with Crippen molar-refractivity contribution in [2.45, 2.75) is 45.1 Å². The zero-order chi connectivity index (χ0) is 33.1. The van der Waals surface area contributed by atoms with Crippen molar-refractivity contribution < 1.29 is 50.9 Å². The molecule has 5 N–H and O–H groups in total. The van der Waals surface area contributed by atoms with Gasteiger partial charge in [-0.15, -0.1) is 0 Å². The SMILES string of the molecule is Cc1ccc(NCC2CCNCC2)cc1C(=O)N[C@H](C)c1cccc2ccccc12.O=C(O)C(F)(F)F.O=C(O)C(F)(F)F. The predicted octanol–water partition coefficient (Wildman–Crippen LogP) is 6.32. The van der Waals surface area contributed by atoms with Gasteiger partial charge in [0.1, 0.15) is 0 Å². The first-order valence-electron chi connectivity index (χ1n) is 13.4. The molecule has 4 rings (SSSR count). The first-order valence-corrected chi connectivity index (χ1v) is 13.4. The normalized spacial score (nSPS) is 14.3. The zero-order valence-electron chi connectivity index (χ0n) is 23.9. The number of benzene rings is 3. The molecular weight excluding hydrogens is 596 g/mol. The summed E-state index contributed by atoms with van der Waals surface area (Å²) < 4.78 is 63.5. The summed E-state index contributed by atoms with van der Waals surface area (Å²) in [6.45, 7) is 7.19. The van der Waals surface area contributed by atoms with Crippen LogP contribution in [0.5, 0.6) is 0 Å². The number of fused-ring (bicyclic) bond motifs is 1. The van der Waals surface area contributed by atoms with Gasteiger partial charge >= 0.3 is 24.3 Å². The highest BCUT2D eigenvalue weighted by molar-refractivity contribution is 5.97. The van der Waals surface area contributed by atoms with E-state index in [2.05, 4.69) is 52.3 Å². The molecule has 0 spiro atoms. The van der Waals surface area contributed by atoms with Crippen molar-refractivity contribution in [3.63, 3.8) is 0 Å². The van der Waals surface area contributed by atoms with Gasteiger partial charge in [0.25, 0.3) is 5.91 Å². The van der Waals surface area contributed by atoms with Gasteiger partial charge in [-0.05, 0) is 79.7 Å². The molecule has 1 aliphatic rings. The van der Waals surface area contributed by atoms with E-state index in [1.54, 1.807) is 0 Å². The Morgan fingerprint density at radius 3 is 2.00 bits per heavy atom. The van der Waals surface area contributed by atoms with Crippen LogP contribution in [-0.4, -0.2) is 60.0 Å². The van der Waals surface area contributed by atoms with Crippen molar-refractivity contribution in [3.05, 3.63) is 77.4 Å². The van der Waals surface area contributed by atoms with Gasteiger partial charge < -0.3 is 26.2 Å². The van der Waals surface area contributed by atoms with Gasteiger partial charge in [-0.3, -0.25) is 4.79 Å². The Labute approximate surface area is 249 Å². The van der Waals surface area contributed by atoms with Crippen molar-refractivity contribution >= 4 is 34.3 Å². The molecule has 1 fully saturated rings. The lowest BCUT2D eigenvalue weighted by Gasteiger charge is -2.23. The molecule has 44 heavy (non-hydrogen) atoms. The third-order valence-corrected chi connectivity index (χ3v) is 6.66. The number of carbonyl (C=O) groups is 3. The first-order chi connectivity index (χ1) is 20.5. The summed E-state index contributed by atoms with van der Waals surface area (Å²) in [6, 6.07) is 20.6. The molecule has 1 saturated heterocycles. The van der Waals surface area contributed by atoms with Crippen molar-refractivity contribution in [1.29, 1.82) is 0 Å². The molecule has 8 nitrogen and oxygen atoms in total. The van der Waals surface area contributed by atoms with Crippen molar-refractivity contribution in [1.82, 2.24) is 10.6 Å². The van der Waals surface area contributed by atoms with E-state index in [9.17, 15) is 31.1 Å². The maximum Gasteiger partial charge on any atom is 0.490 e. The molecule has 0 unspecified atom stereocenters. The van der Waals surface area contributed by atoms with Crippen LogP contribution in [0.25, 0.3) is 10.8 Å². The molecule has 0 bridgehead atoms. The highest BCUT2D eigenvalue weighted by Crippen LogP contribution is 2.25. The molecule has 1 amide bonds. The van der Waals surface area contributed by atoms with E-state index in [1.165, 1.54) is 23.6 Å². The molecule has 14 heteroatoms. The lowest BCUT2D eigenvalue weighted by molar-refractivity contribution is -0.193. The topological polar surface area (TPSA) is 128 Å². The fraction of sp³-hybridized carbons (Fsp3) is 0.367. The van der Waals surface area contributed by atoms with Crippen LogP contribution in [0.2, 0.25) is 0 Å². The number of nitrogens with one attached hydrogen (secondary N) is 3.